The second-order valence-electron chi connectivity index (χ2n) is 5.44. The first kappa shape index (κ1) is 13.9. The lowest BCUT2D eigenvalue weighted by molar-refractivity contribution is 0.284. The molecule has 0 saturated carbocycles. The Morgan fingerprint density at radius 3 is 2.05 bits per heavy atom. The molecule has 2 aromatic carbocycles. The maximum absolute atomic E-state index is 2.51. The van der Waals surface area contributed by atoms with E-state index in [1.54, 1.807) is 0 Å². The summed E-state index contributed by atoms with van der Waals surface area (Å²) in [5, 5.41) is 0. The van der Waals surface area contributed by atoms with Crippen LogP contribution >= 0.6 is 0 Å². The van der Waals surface area contributed by atoms with E-state index < -0.39 is 0 Å². The van der Waals surface area contributed by atoms with Crippen molar-refractivity contribution < 1.29 is 0 Å². The average molecular weight is 278 g/mol. The Morgan fingerprint density at radius 1 is 0.762 bits per heavy atom. The van der Waals surface area contributed by atoms with Crippen molar-refractivity contribution in [2.75, 3.05) is 37.6 Å². The number of hydrogen-bond donors (Lipinski definition) is 0. The van der Waals surface area contributed by atoms with Gasteiger partial charge in [0.15, 0.2) is 0 Å². The predicted molar refractivity (Wildman–Crippen MR) is 90.6 cm³/mol. The lowest BCUT2D eigenvalue weighted by Crippen LogP contribution is -2.46. The number of nitrogens with zero attached hydrogens (tertiary/aromatic N) is 2. The fraction of sp³-hybridized carbons (Fsp3) is 0.263. The van der Waals surface area contributed by atoms with Crippen molar-refractivity contribution in [1.82, 2.24) is 4.90 Å². The first-order valence-electron chi connectivity index (χ1n) is 7.66. The Balaban J connectivity index is 1.47. The summed E-state index contributed by atoms with van der Waals surface area (Å²) in [6, 6.07) is 21.2. The van der Waals surface area contributed by atoms with E-state index in [9.17, 15) is 0 Å². The summed E-state index contributed by atoms with van der Waals surface area (Å²) >= 11 is 0. The first-order chi connectivity index (χ1) is 10.4. The average Bonchev–Trinajstić information content (AvgIpc) is 2.57. The second kappa shape index (κ2) is 7.09. The Labute approximate surface area is 127 Å². The summed E-state index contributed by atoms with van der Waals surface area (Å²) in [4.78, 5) is 4.98. The highest BCUT2D eigenvalue weighted by Crippen LogP contribution is 2.15. The van der Waals surface area contributed by atoms with Crippen molar-refractivity contribution in [3.05, 3.63) is 72.3 Å². The van der Waals surface area contributed by atoms with E-state index in [-0.39, 0.29) is 0 Å². The van der Waals surface area contributed by atoms with Crippen LogP contribution in [0.1, 0.15) is 5.56 Å². The molecule has 108 valence electrons. The Morgan fingerprint density at radius 2 is 1.38 bits per heavy atom. The van der Waals surface area contributed by atoms with Gasteiger partial charge in [0.1, 0.15) is 0 Å². The number of piperazine rings is 1. The van der Waals surface area contributed by atoms with E-state index in [0.717, 1.165) is 32.7 Å². The molecule has 0 radical (unpaired) electrons. The third kappa shape index (κ3) is 3.96. The van der Waals surface area contributed by atoms with Gasteiger partial charge in [-0.3, -0.25) is 4.90 Å². The van der Waals surface area contributed by atoms with Crippen LogP contribution in [0.3, 0.4) is 0 Å². The van der Waals surface area contributed by atoms with Crippen LogP contribution in [0.5, 0.6) is 0 Å². The normalized spacial score (nSPS) is 16.5. The summed E-state index contributed by atoms with van der Waals surface area (Å²) in [5.41, 5.74) is 2.62. The molecule has 0 aromatic heterocycles. The largest absolute Gasteiger partial charge is 0.369 e. The van der Waals surface area contributed by atoms with Gasteiger partial charge in [0.25, 0.3) is 0 Å². The molecule has 0 aliphatic carbocycles. The quantitative estimate of drug-likeness (QED) is 0.844. The van der Waals surface area contributed by atoms with Crippen LogP contribution in [-0.4, -0.2) is 37.6 Å². The molecule has 1 aliphatic rings. The summed E-state index contributed by atoms with van der Waals surface area (Å²) in [7, 11) is 0. The van der Waals surface area contributed by atoms with Gasteiger partial charge in [-0.1, -0.05) is 60.7 Å². The molecule has 0 atom stereocenters. The summed E-state index contributed by atoms with van der Waals surface area (Å²) < 4.78 is 0. The van der Waals surface area contributed by atoms with E-state index in [2.05, 4.69) is 82.6 Å². The fourth-order valence-electron chi connectivity index (χ4n) is 2.73. The summed E-state index contributed by atoms with van der Waals surface area (Å²) in [6.45, 7) is 5.53. The lowest BCUT2D eigenvalue weighted by atomic mass is 10.2. The second-order valence-corrected chi connectivity index (χ2v) is 5.44. The van der Waals surface area contributed by atoms with Gasteiger partial charge >= 0.3 is 0 Å². The molecule has 2 nitrogen and oxygen atoms in total. The van der Waals surface area contributed by atoms with Crippen LogP contribution < -0.4 is 4.90 Å². The molecule has 1 heterocycles. The molecular weight excluding hydrogens is 256 g/mol. The molecule has 0 spiro atoms. The molecule has 0 N–H and O–H groups in total. The van der Waals surface area contributed by atoms with E-state index in [1.165, 1.54) is 11.3 Å². The maximum atomic E-state index is 2.51. The number of benzene rings is 2. The van der Waals surface area contributed by atoms with Gasteiger partial charge in [-0.2, -0.15) is 0 Å². The summed E-state index contributed by atoms with van der Waals surface area (Å²) in [6.07, 6.45) is 4.48. The molecule has 21 heavy (non-hydrogen) atoms. The van der Waals surface area contributed by atoms with Gasteiger partial charge in [-0.15, -0.1) is 0 Å². The van der Waals surface area contributed by atoms with Crippen LogP contribution in [0.2, 0.25) is 0 Å². The van der Waals surface area contributed by atoms with Crippen LogP contribution in [0.25, 0.3) is 6.08 Å². The highest BCUT2D eigenvalue weighted by atomic mass is 15.3. The number of hydrogen-bond acceptors (Lipinski definition) is 2. The Kier molecular flexibility index (Phi) is 4.70. The minimum atomic E-state index is 1.04. The highest BCUT2D eigenvalue weighted by Gasteiger charge is 2.15. The molecular formula is C19H22N2. The van der Waals surface area contributed by atoms with Crippen LogP contribution in [-0.2, 0) is 0 Å². The Hall–Kier alpha value is -2.06. The zero-order valence-electron chi connectivity index (χ0n) is 12.4. The van der Waals surface area contributed by atoms with Crippen LogP contribution in [0.15, 0.2) is 66.7 Å². The summed E-state index contributed by atoms with van der Waals surface area (Å²) in [5.74, 6) is 0. The van der Waals surface area contributed by atoms with Gasteiger partial charge in [0, 0.05) is 38.4 Å². The highest BCUT2D eigenvalue weighted by molar-refractivity contribution is 5.49. The number of anilines is 1. The van der Waals surface area contributed by atoms with Crippen molar-refractivity contribution in [2.45, 2.75) is 0 Å². The Bertz CT molecular complexity index is 555. The van der Waals surface area contributed by atoms with Gasteiger partial charge in [0.2, 0.25) is 0 Å². The minimum Gasteiger partial charge on any atom is -0.369 e. The topological polar surface area (TPSA) is 6.48 Å². The molecule has 1 aliphatic heterocycles. The van der Waals surface area contributed by atoms with E-state index >= 15 is 0 Å². The minimum absolute atomic E-state index is 1.04. The molecule has 2 heteroatoms. The van der Waals surface area contributed by atoms with Crippen LogP contribution in [0.4, 0.5) is 5.69 Å². The molecule has 1 fully saturated rings. The van der Waals surface area contributed by atoms with Crippen molar-refractivity contribution in [3.63, 3.8) is 0 Å². The van der Waals surface area contributed by atoms with Gasteiger partial charge < -0.3 is 4.90 Å². The maximum Gasteiger partial charge on any atom is 0.0367 e. The molecule has 0 bridgehead atoms. The smallest absolute Gasteiger partial charge is 0.0367 e. The van der Waals surface area contributed by atoms with Crippen molar-refractivity contribution >= 4 is 11.8 Å². The molecule has 0 amide bonds. The van der Waals surface area contributed by atoms with Crippen molar-refractivity contribution in [3.8, 4) is 0 Å². The third-order valence-electron chi connectivity index (χ3n) is 3.97. The first-order valence-corrected chi connectivity index (χ1v) is 7.66. The molecule has 0 unspecified atom stereocenters. The molecule has 3 rings (SSSR count). The monoisotopic (exact) mass is 278 g/mol. The molecule has 1 saturated heterocycles. The lowest BCUT2D eigenvalue weighted by Gasteiger charge is -2.35. The zero-order chi connectivity index (χ0) is 14.3. The van der Waals surface area contributed by atoms with E-state index in [0.29, 0.717) is 0 Å². The van der Waals surface area contributed by atoms with E-state index in [4.69, 9.17) is 0 Å². The van der Waals surface area contributed by atoms with Crippen molar-refractivity contribution in [2.24, 2.45) is 0 Å². The fourth-order valence-corrected chi connectivity index (χ4v) is 2.73. The standard InChI is InChI=1S/C19H22N2/c1-3-8-18(9-4-1)10-7-13-20-14-16-21(17-15-20)19-11-5-2-6-12-19/h1-12H,13-17H2. The van der Waals surface area contributed by atoms with Crippen molar-refractivity contribution in [1.29, 1.82) is 0 Å². The van der Waals surface area contributed by atoms with Gasteiger partial charge in [-0.05, 0) is 17.7 Å². The van der Waals surface area contributed by atoms with Crippen LogP contribution in [0, 0.1) is 0 Å². The zero-order valence-corrected chi connectivity index (χ0v) is 12.4. The SMILES string of the molecule is C(=Cc1ccccc1)CN1CCN(c2ccccc2)CC1. The molecule has 2 aromatic rings. The predicted octanol–water partition coefficient (Wildman–Crippen LogP) is 3.52. The van der Waals surface area contributed by atoms with Gasteiger partial charge in [0.05, 0.1) is 0 Å². The number of para-hydroxylation sites is 1. The third-order valence-corrected chi connectivity index (χ3v) is 3.97. The van der Waals surface area contributed by atoms with E-state index in [1.807, 2.05) is 0 Å². The van der Waals surface area contributed by atoms with Gasteiger partial charge in [-0.25, -0.2) is 0 Å². The number of rotatable bonds is 4.